The number of benzene rings is 6. The molecule has 0 aliphatic carbocycles. The van der Waals surface area contributed by atoms with Gasteiger partial charge in [-0.1, -0.05) is 146 Å². The second-order valence-corrected chi connectivity index (χ2v) is 18.0. The Hall–Kier alpha value is -4.57. The molecule has 6 aromatic carbocycles. The van der Waals surface area contributed by atoms with Crippen molar-refractivity contribution in [2.45, 2.75) is 95.6 Å². The van der Waals surface area contributed by atoms with E-state index in [-0.39, 0.29) is 26.4 Å². The molecule has 0 amide bonds. The lowest BCUT2D eigenvalue weighted by Gasteiger charge is -2.06. The Morgan fingerprint density at radius 1 is 0.385 bits per heavy atom. The maximum atomic E-state index is 11.6. The van der Waals surface area contributed by atoms with Crippen LogP contribution in [0, 0.1) is 0 Å². The van der Waals surface area contributed by atoms with Gasteiger partial charge in [-0.05, 0) is 90.1 Å². The summed E-state index contributed by atoms with van der Waals surface area (Å²) in [5.74, 6) is 0. The average molecular weight is 1160 g/mol. The van der Waals surface area contributed by atoms with E-state index in [1.54, 1.807) is 14.2 Å². The molecule has 78 heavy (non-hydrogen) atoms. The van der Waals surface area contributed by atoms with E-state index in [4.69, 9.17) is 41.8 Å². The number of halogens is 10. The molecule has 0 aliphatic heterocycles. The first-order valence-corrected chi connectivity index (χ1v) is 27.8. The summed E-state index contributed by atoms with van der Waals surface area (Å²) < 4.78 is 156. The lowest BCUT2D eigenvalue weighted by Crippen LogP contribution is -2.11. The summed E-state index contributed by atoms with van der Waals surface area (Å²) in [4.78, 5) is 0. The highest BCUT2D eigenvalue weighted by Gasteiger charge is 2.27. The van der Waals surface area contributed by atoms with Crippen LogP contribution in [-0.2, 0) is 33.8 Å². The Kier molecular flexibility index (Phi) is 46.8. The molecule has 0 spiro atoms. The summed E-state index contributed by atoms with van der Waals surface area (Å²) >= 11 is 4.64. The number of alkyl halides is 10. The molecule has 0 saturated carbocycles. The maximum Gasteiger partial charge on any atom is 0.391 e. The minimum Gasteiger partial charge on any atom is -0.748 e. The molecule has 0 aliphatic rings. The van der Waals surface area contributed by atoms with E-state index in [9.17, 15) is 39.5 Å². The highest BCUT2D eigenvalue weighted by atomic mass is 35.5. The Bertz CT molecular complexity index is 1990. The van der Waals surface area contributed by atoms with E-state index in [1.165, 1.54) is 38.7 Å². The fourth-order valence-corrected chi connectivity index (χ4v) is 6.02. The zero-order valence-electron chi connectivity index (χ0n) is 45.1. The van der Waals surface area contributed by atoms with Crippen molar-refractivity contribution in [2.75, 3.05) is 86.3 Å². The fraction of sp³-hybridized carbons (Fsp3) is 0.483. The van der Waals surface area contributed by atoms with Gasteiger partial charge >= 0.3 is 18.5 Å². The minimum absolute atomic E-state index is 0.128. The molecular formula is C58H79ClF9O9S-. The summed E-state index contributed by atoms with van der Waals surface area (Å²) in [5, 5.41) is 16.2. The zero-order valence-corrected chi connectivity index (χ0v) is 46.7. The molecule has 0 fully saturated rings. The smallest absolute Gasteiger partial charge is 0.391 e. The van der Waals surface area contributed by atoms with E-state index in [0.29, 0.717) is 52.1 Å². The van der Waals surface area contributed by atoms with Crippen LogP contribution < -0.4 is 0 Å². The minimum atomic E-state index is -4.12. The monoisotopic (exact) mass is 1160 g/mol. The van der Waals surface area contributed by atoms with Crippen LogP contribution in [-0.4, -0.2) is 123 Å². The van der Waals surface area contributed by atoms with Gasteiger partial charge in [-0.15, -0.1) is 11.6 Å². The van der Waals surface area contributed by atoms with Crippen molar-refractivity contribution in [2.24, 2.45) is 0 Å². The quantitative estimate of drug-likeness (QED) is 0.0289. The average Bonchev–Trinajstić information content (AvgIpc) is 3.40. The first kappa shape index (κ1) is 75.5. The molecule has 0 bridgehead atoms. The third-order valence-corrected chi connectivity index (χ3v) is 9.79. The van der Waals surface area contributed by atoms with E-state index in [0.717, 1.165) is 44.9 Å². The summed E-state index contributed by atoms with van der Waals surface area (Å²) in [7, 11) is -0.667. The van der Waals surface area contributed by atoms with Crippen LogP contribution in [0.1, 0.15) is 77.0 Å². The van der Waals surface area contributed by atoms with Crippen LogP contribution in [0.2, 0.25) is 0 Å². The van der Waals surface area contributed by atoms with E-state index in [1.807, 2.05) is 0 Å². The Morgan fingerprint density at radius 2 is 0.564 bits per heavy atom. The molecule has 0 aromatic heterocycles. The number of hydrogen-bond donors (Lipinski definition) is 1. The van der Waals surface area contributed by atoms with Gasteiger partial charge in [0.05, 0.1) is 49.2 Å². The Morgan fingerprint density at radius 3 is 0.731 bits per heavy atom. The van der Waals surface area contributed by atoms with E-state index in [2.05, 4.69) is 157 Å². The second kappa shape index (κ2) is 48.3. The van der Waals surface area contributed by atoms with Gasteiger partial charge in [0.2, 0.25) is 0 Å². The van der Waals surface area contributed by atoms with Crippen LogP contribution in [0.25, 0.3) is 32.3 Å². The number of fused-ring (bicyclic) bond motifs is 3. The largest absolute Gasteiger partial charge is 0.748 e. The highest BCUT2D eigenvalue weighted by molar-refractivity contribution is 7.84. The molecule has 0 atom stereocenters. The lowest BCUT2D eigenvalue weighted by atomic mass is 10.1. The summed E-state index contributed by atoms with van der Waals surface area (Å²) in [6.45, 7) is 1.95. The number of aliphatic hydroxyl groups excluding tert-OH is 1. The molecule has 9 nitrogen and oxygen atoms in total. The Labute approximate surface area is 461 Å². The fourth-order valence-electron chi connectivity index (χ4n) is 6.02. The molecule has 20 heteroatoms. The molecule has 442 valence electrons. The van der Waals surface area contributed by atoms with Gasteiger partial charge in [-0.3, -0.25) is 0 Å². The molecule has 0 radical (unpaired) electrons. The van der Waals surface area contributed by atoms with Crippen molar-refractivity contribution in [1.82, 2.24) is 0 Å². The highest BCUT2D eigenvalue weighted by Crippen LogP contribution is 2.21. The normalized spacial score (nSPS) is 11.0. The summed E-state index contributed by atoms with van der Waals surface area (Å²) in [5.41, 5.74) is 0. The van der Waals surface area contributed by atoms with Crippen molar-refractivity contribution in [3.05, 3.63) is 146 Å². The van der Waals surface area contributed by atoms with Gasteiger partial charge < -0.3 is 33.3 Å². The van der Waals surface area contributed by atoms with Crippen LogP contribution >= 0.6 is 11.6 Å². The molecule has 0 saturated heterocycles. The molecule has 0 heterocycles. The van der Waals surface area contributed by atoms with Crippen LogP contribution in [0.15, 0.2) is 146 Å². The molecule has 6 aromatic rings. The topological polar surface area (TPSA) is 124 Å². The number of unbranched alkanes of at least 4 members (excludes halogenated alkanes) is 6. The number of rotatable bonds is 23. The number of aliphatic hydroxyl groups is 1. The van der Waals surface area contributed by atoms with Crippen molar-refractivity contribution < 1.29 is 81.3 Å². The zero-order chi connectivity index (χ0) is 58.8. The third-order valence-electron chi connectivity index (χ3n) is 9.79. The predicted octanol–water partition coefficient (Wildman–Crippen LogP) is 16.2. The molecule has 1 N–H and O–H groups in total. The van der Waals surface area contributed by atoms with Crippen LogP contribution in [0.5, 0.6) is 0 Å². The van der Waals surface area contributed by atoms with Crippen molar-refractivity contribution in [3.63, 3.8) is 0 Å². The van der Waals surface area contributed by atoms with Gasteiger partial charge in [-0.25, -0.2) is 8.42 Å². The summed E-state index contributed by atoms with van der Waals surface area (Å²) in [6.07, 6.45) is -5.35. The SMILES string of the molecule is CCl.COCCCCCOCCC(F)(F)F.COCCCCCOCCC(F)(F)F.CS(=O)(=O)[O-].OCCCCCOCCC(F)(F)F.c1ccc2ccccc2c1.c1ccc2ccccc2c1.c1ccc2ccccc2c1. The standard InChI is InChI=1S/3C10H8.2C9H17F3O2.C8H15F3O2.CH3Cl.CH4O3S/c3*1-2-6-10-8-4-3-7-9(10)5-1;2*1-13-6-3-2-4-7-14-8-5-9(10,11)12;9-8(10,11)4-7-13-6-3-1-2-5-12;1-2;1-5(2,3)4/h3*1-8H;2*2-8H2,1H3;12H,1-7H2;1H3;1H3,(H,2,3,4)/p-1. The Balaban J connectivity index is 0. The first-order valence-electron chi connectivity index (χ1n) is 25.2. The molecule has 6 rings (SSSR count). The maximum absolute atomic E-state index is 11.6. The second-order valence-electron chi connectivity index (χ2n) is 16.6. The van der Waals surface area contributed by atoms with Crippen molar-refractivity contribution in [3.8, 4) is 0 Å². The number of ether oxygens (including phenoxy) is 5. The van der Waals surface area contributed by atoms with E-state index >= 15 is 0 Å². The van der Waals surface area contributed by atoms with Gasteiger partial charge in [0.25, 0.3) is 0 Å². The number of methoxy groups -OCH3 is 2. The molecular weight excluding hydrogens is 1080 g/mol. The van der Waals surface area contributed by atoms with Crippen LogP contribution in [0.4, 0.5) is 39.5 Å². The van der Waals surface area contributed by atoms with Gasteiger partial charge in [0.1, 0.15) is 0 Å². The van der Waals surface area contributed by atoms with E-state index < -0.39 is 47.9 Å². The van der Waals surface area contributed by atoms with Gasteiger partial charge in [-0.2, -0.15) is 39.5 Å². The molecule has 0 unspecified atom stereocenters. The third kappa shape index (κ3) is 53.4. The lowest BCUT2D eigenvalue weighted by molar-refractivity contribution is -0.146. The number of hydrogen-bond acceptors (Lipinski definition) is 9. The van der Waals surface area contributed by atoms with Crippen molar-refractivity contribution in [1.29, 1.82) is 0 Å². The van der Waals surface area contributed by atoms with Crippen LogP contribution in [0.3, 0.4) is 0 Å². The predicted molar refractivity (Wildman–Crippen MR) is 296 cm³/mol. The van der Waals surface area contributed by atoms with Gasteiger partial charge in [0, 0.05) is 66.5 Å². The summed E-state index contributed by atoms with van der Waals surface area (Å²) in [6, 6.07) is 50.1. The first-order chi connectivity index (χ1) is 37.1. The van der Waals surface area contributed by atoms with Crippen molar-refractivity contribution >= 4 is 54.0 Å². The van der Waals surface area contributed by atoms with Gasteiger partial charge in [0.15, 0.2) is 0 Å².